The van der Waals surface area contributed by atoms with Crippen LogP contribution >= 0.6 is 0 Å². The van der Waals surface area contributed by atoms with E-state index in [0.717, 1.165) is 6.92 Å². The molecule has 0 aromatic carbocycles. The van der Waals surface area contributed by atoms with Crippen LogP contribution in [0.25, 0.3) is 0 Å². The molecule has 0 aliphatic heterocycles. The summed E-state index contributed by atoms with van der Waals surface area (Å²) in [5.41, 5.74) is 0. The molecule has 0 aliphatic carbocycles. The topological polar surface area (TPSA) is 80.6 Å². The van der Waals surface area contributed by atoms with Gasteiger partial charge in [-0.1, -0.05) is 0 Å². The van der Waals surface area contributed by atoms with Gasteiger partial charge in [0.2, 0.25) is 0 Å². The van der Waals surface area contributed by atoms with E-state index in [1.54, 1.807) is 0 Å². The lowest BCUT2D eigenvalue weighted by molar-refractivity contribution is -1.27. The molecular formula is C2H5ClO4. The van der Waals surface area contributed by atoms with Crippen LogP contribution in [0.1, 0.15) is 6.92 Å². The highest BCUT2D eigenvalue weighted by Crippen LogP contribution is 1.42. The maximum absolute atomic E-state index is 9.00. The summed E-state index contributed by atoms with van der Waals surface area (Å²) in [5.74, 6) is -0.833. The fourth-order valence-corrected chi connectivity index (χ4v) is 0. The fourth-order valence-electron chi connectivity index (χ4n) is 0. The van der Waals surface area contributed by atoms with Crippen molar-refractivity contribution in [2.24, 2.45) is 0 Å². The van der Waals surface area contributed by atoms with Crippen molar-refractivity contribution in [3.63, 3.8) is 0 Å². The Morgan fingerprint density at radius 2 is 1.86 bits per heavy atom. The molecule has 0 saturated heterocycles. The molecule has 0 heterocycles. The number of hydrogen-bond acceptors (Lipinski definition) is 3. The van der Waals surface area contributed by atoms with Crippen molar-refractivity contribution < 1.29 is 30.5 Å². The van der Waals surface area contributed by atoms with Gasteiger partial charge in [0, 0.05) is 6.92 Å². The number of carboxylic acid groups (broad SMARTS) is 1. The van der Waals surface area contributed by atoms with Crippen LogP contribution in [-0.4, -0.2) is 15.7 Å². The van der Waals surface area contributed by atoms with E-state index in [9.17, 15) is 0 Å². The van der Waals surface area contributed by atoms with Crippen molar-refractivity contribution in [2.75, 3.05) is 0 Å². The number of carbonyl (C=O) groups is 1. The van der Waals surface area contributed by atoms with Crippen LogP contribution in [0.15, 0.2) is 0 Å². The number of carboxylic acids is 1. The summed E-state index contributed by atoms with van der Waals surface area (Å²) < 4.78 is 15.2. The van der Waals surface area contributed by atoms with Crippen molar-refractivity contribution in [1.29, 1.82) is 0 Å². The lowest BCUT2D eigenvalue weighted by Gasteiger charge is -1.59. The van der Waals surface area contributed by atoms with Crippen molar-refractivity contribution in [2.45, 2.75) is 6.92 Å². The van der Waals surface area contributed by atoms with E-state index >= 15 is 0 Å². The van der Waals surface area contributed by atoms with Crippen LogP contribution in [-0.2, 0) is 4.79 Å². The second kappa shape index (κ2) is 9.19. The van der Waals surface area contributed by atoms with Crippen molar-refractivity contribution in [1.82, 2.24) is 0 Å². The van der Waals surface area contributed by atoms with E-state index in [1.807, 2.05) is 0 Å². The molecule has 0 spiro atoms. The zero-order valence-corrected chi connectivity index (χ0v) is 4.34. The van der Waals surface area contributed by atoms with Gasteiger partial charge in [-0.05, 0) is 0 Å². The van der Waals surface area contributed by atoms with Gasteiger partial charge in [0.1, 0.15) is 0 Å². The fraction of sp³-hybridized carbons (Fsp3) is 0.500. The summed E-state index contributed by atoms with van der Waals surface area (Å²) in [6.07, 6.45) is 0. The molecule has 0 bridgehead atoms. The first-order chi connectivity index (χ1) is 3.15. The molecule has 0 unspecified atom stereocenters. The Hall–Kier alpha value is -0.320. The molecule has 0 rings (SSSR count). The van der Waals surface area contributed by atoms with Crippen LogP contribution in [0.5, 0.6) is 0 Å². The maximum Gasteiger partial charge on any atom is 0.327 e. The third kappa shape index (κ3) is 751. The number of rotatable bonds is 0. The molecule has 2 N–H and O–H groups in total. The molecule has 0 aliphatic rings. The van der Waals surface area contributed by atoms with Crippen LogP contribution in [0.2, 0.25) is 0 Å². The van der Waals surface area contributed by atoms with E-state index in [4.69, 9.17) is 19.2 Å². The summed E-state index contributed by atoms with van der Waals surface area (Å²) in [6, 6.07) is 0. The molecule has 0 amide bonds. The SMILES string of the molecule is CC(=O)O.[O-][Cl+]O. The molecule has 4 nitrogen and oxygen atoms in total. The first-order valence-corrected chi connectivity index (χ1v) is 1.90. The Kier molecular flexibility index (Phi) is 12.9. The van der Waals surface area contributed by atoms with Gasteiger partial charge in [0.15, 0.2) is 0 Å². The van der Waals surface area contributed by atoms with Crippen LogP contribution in [0, 0.1) is 11.3 Å². The summed E-state index contributed by atoms with van der Waals surface area (Å²) >= 11 is -0.167. The first-order valence-electron chi connectivity index (χ1n) is 1.25. The second-order valence-electron chi connectivity index (χ2n) is 0.588. The zero-order valence-electron chi connectivity index (χ0n) is 3.59. The van der Waals surface area contributed by atoms with Crippen LogP contribution < -0.4 is 4.66 Å². The van der Waals surface area contributed by atoms with Gasteiger partial charge < -0.3 is 9.77 Å². The third-order valence-electron chi connectivity index (χ3n) is 0. The number of halogens is 1. The van der Waals surface area contributed by atoms with Crippen LogP contribution in [0.3, 0.4) is 0 Å². The van der Waals surface area contributed by atoms with E-state index in [0.29, 0.717) is 0 Å². The average Bonchev–Trinajstić information content (AvgIpc) is 1.33. The lowest BCUT2D eigenvalue weighted by atomic mass is 10.9. The Bertz CT molecular complexity index is 41.0. The molecule has 0 fully saturated rings. The van der Waals surface area contributed by atoms with Crippen molar-refractivity contribution in [3.05, 3.63) is 0 Å². The minimum absolute atomic E-state index is 0.167. The molecular weight excluding hydrogens is 123 g/mol. The zero-order chi connectivity index (χ0) is 6.28. The molecule has 0 atom stereocenters. The smallest absolute Gasteiger partial charge is 0.327 e. The Balaban J connectivity index is 0. The number of aliphatic carboxylic acids is 1. The van der Waals surface area contributed by atoms with Crippen molar-refractivity contribution >= 4 is 5.97 Å². The Labute approximate surface area is 44.5 Å². The normalized spacial score (nSPS) is 6.14. The van der Waals surface area contributed by atoms with Gasteiger partial charge in [0.25, 0.3) is 5.97 Å². The van der Waals surface area contributed by atoms with Gasteiger partial charge in [-0.25, -0.2) is 0 Å². The highest BCUT2D eigenvalue weighted by molar-refractivity contribution is 5.62. The standard InChI is InChI=1S/C2H4O2.ClHO2/c1-2(3)4;2-1-3/h1H3,(H,3,4);2H. The second-order valence-corrected chi connectivity index (χ2v) is 0.726. The van der Waals surface area contributed by atoms with Gasteiger partial charge in [-0.15, -0.1) is 4.66 Å². The predicted octanol–water partition coefficient (Wildman–Crippen LogP) is -1.66. The summed E-state index contributed by atoms with van der Waals surface area (Å²) in [5, 5.41) is 7.42. The predicted molar refractivity (Wildman–Crippen MR) is 15.5 cm³/mol. The van der Waals surface area contributed by atoms with Gasteiger partial charge in [0.05, 0.1) is 0 Å². The van der Waals surface area contributed by atoms with Crippen LogP contribution in [0.4, 0.5) is 0 Å². The minimum atomic E-state index is -0.833. The van der Waals surface area contributed by atoms with Gasteiger partial charge in [-0.3, -0.25) is 4.79 Å². The Morgan fingerprint density at radius 3 is 1.86 bits per heavy atom. The largest absolute Gasteiger partial charge is 0.506 e. The molecule has 0 radical (unpaired) electrons. The van der Waals surface area contributed by atoms with E-state index in [1.165, 1.54) is 0 Å². The first kappa shape index (κ1) is 9.84. The molecule has 5 heteroatoms. The third-order valence-corrected chi connectivity index (χ3v) is 0. The van der Waals surface area contributed by atoms with E-state index in [2.05, 4.69) is 0 Å². The number of hydrogen-bond donors (Lipinski definition) is 2. The highest BCUT2D eigenvalue weighted by atomic mass is 35.6. The summed E-state index contributed by atoms with van der Waals surface area (Å²) in [4.78, 5) is 9.00. The maximum atomic E-state index is 9.00. The summed E-state index contributed by atoms with van der Waals surface area (Å²) in [7, 11) is 0. The molecule has 0 aromatic rings. The highest BCUT2D eigenvalue weighted by Gasteiger charge is 1.65. The molecule has 7 heavy (non-hydrogen) atoms. The average molecular weight is 129 g/mol. The van der Waals surface area contributed by atoms with E-state index in [-0.39, 0.29) is 11.3 Å². The minimum Gasteiger partial charge on any atom is -0.506 e. The molecule has 0 aromatic heterocycles. The van der Waals surface area contributed by atoms with Gasteiger partial charge >= 0.3 is 11.3 Å². The lowest BCUT2D eigenvalue weighted by Crippen LogP contribution is -1.94. The van der Waals surface area contributed by atoms with Gasteiger partial charge in [-0.2, -0.15) is 0 Å². The van der Waals surface area contributed by atoms with E-state index < -0.39 is 5.97 Å². The molecule has 0 saturated carbocycles. The van der Waals surface area contributed by atoms with Crippen molar-refractivity contribution in [3.8, 4) is 0 Å². The Morgan fingerprint density at radius 1 is 1.86 bits per heavy atom. The summed E-state index contributed by atoms with van der Waals surface area (Å²) in [6.45, 7) is 1.08. The molecule has 44 valence electrons. The monoisotopic (exact) mass is 128 g/mol. The quantitative estimate of drug-likeness (QED) is 0.409.